The topological polar surface area (TPSA) is 67.6 Å². The maximum absolute atomic E-state index is 5.60. The number of H-pyrrole nitrogens is 1. The van der Waals surface area contributed by atoms with Crippen LogP contribution < -0.4 is 5.73 Å². The van der Waals surface area contributed by atoms with Crippen LogP contribution in [-0.4, -0.2) is 15.0 Å². The van der Waals surface area contributed by atoms with E-state index < -0.39 is 0 Å². The van der Waals surface area contributed by atoms with Gasteiger partial charge < -0.3 is 10.7 Å². The van der Waals surface area contributed by atoms with Crippen molar-refractivity contribution < 1.29 is 0 Å². The molecule has 0 unspecified atom stereocenters. The number of fused-ring (bicyclic) bond motifs is 1. The summed E-state index contributed by atoms with van der Waals surface area (Å²) in [6.45, 7) is 2.46. The zero-order chi connectivity index (χ0) is 11.8. The van der Waals surface area contributed by atoms with E-state index in [0.717, 1.165) is 32.4 Å². The molecule has 2 aromatic heterocycles. The highest BCUT2D eigenvalue weighted by Gasteiger charge is 2.12. The molecular formula is C12H12N4S. The Balaban J connectivity index is 2.16. The molecule has 0 aliphatic rings. The minimum Gasteiger partial charge on any atom is -0.337 e. The predicted molar refractivity (Wildman–Crippen MR) is 69.8 cm³/mol. The van der Waals surface area contributed by atoms with E-state index in [1.165, 1.54) is 0 Å². The highest BCUT2D eigenvalue weighted by molar-refractivity contribution is 7.15. The Morgan fingerprint density at radius 2 is 2.12 bits per heavy atom. The van der Waals surface area contributed by atoms with Crippen molar-refractivity contribution in [3.05, 3.63) is 35.0 Å². The van der Waals surface area contributed by atoms with Crippen molar-refractivity contribution in [2.75, 3.05) is 0 Å². The van der Waals surface area contributed by atoms with Crippen molar-refractivity contribution in [1.29, 1.82) is 0 Å². The number of aromatic nitrogens is 3. The number of imidazole rings is 1. The lowest BCUT2D eigenvalue weighted by Gasteiger charge is -1.90. The second-order valence-electron chi connectivity index (χ2n) is 3.83. The number of nitrogens with zero attached hydrogens (tertiary/aromatic N) is 2. The second-order valence-corrected chi connectivity index (χ2v) is 4.91. The zero-order valence-electron chi connectivity index (χ0n) is 9.40. The number of aromatic amines is 1. The van der Waals surface area contributed by atoms with Crippen LogP contribution in [-0.2, 0) is 6.54 Å². The standard InChI is InChI=1S/C12H12N4S/c1-7-11(17-10(6-13)14-7)12-15-8-4-2-3-5-9(8)16-12/h2-5H,6,13H2,1H3,(H,15,16). The maximum Gasteiger partial charge on any atom is 0.150 e. The van der Waals surface area contributed by atoms with Crippen molar-refractivity contribution in [1.82, 2.24) is 15.0 Å². The number of benzene rings is 1. The molecule has 2 heterocycles. The van der Waals surface area contributed by atoms with Crippen LogP contribution in [0.15, 0.2) is 24.3 Å². The summed E-state index contributed by atoms with van der Waals surface area (Å²) in [4.78, 5) is 13.4. The van der Waals surface area contributed by atoms with Crippen molar-refractivity contribution in [3.8, 4) is 10.7 Å². The molecule has 1 aromatic carbocycles. The largest absolute Gasteiger partial charge is 0.337 e. The molecule has 0 radical (unpaired) electrons. The molecule has 3 N–H and O–H groups in total. The summed E-state index contributed by atoms with van der Waals surface area (Å²) < 4.78 is 0. The number of rotatable bonds is 2. The van der Waals surface area contributed by atoms with E-state index in [9.17, 15) is 0 Å². The van der Waals surface area contributed by atoms with E-state index in [-0.39, 0.29) is 0 Å². The fourth-order valence-electron chi connectivity index (χ4n) is 1.82. The van der Waals surface area contributed by atoms with Gasteiger partial charge in [-0.1, -0.05) is 12.1 Å². The molecular weight excluding hydrogens is 232 g/mol. The Kier molecular flexibility index (Phi) is 2.42. The van der Waals surface area contributed by atoms with E-state index in [1.807, 2.05) is 31.2 Å². The Morgan fingerprint density at radius 1 is 1.29 bits per heavy atom. The van der Waals surface area contributed by atoms with E-state index >= 15 is 0 Å². The highest BCUT2D eigenvalue weighted by atomic mass is 32.1. The summed E-state index contributed by atoms with van der Waals surface area (Å²) in [5, 5.41) is 0.943. The molecule has 0 bridgehead atoms. The summed E-state index contributed by atoms with van der Waals surface area (Å²) in [6.07, 6.45) is 0. The maximum atomic E-state index is 5.60. The summed E-state index contributed by atoms with van der Waals surface area (Å²) in [5.41, 5.74) is 8.61. The first-order valence-electron chi connectivity index (χ1n) is 5.39. The molecule has 3 rings (SSSR count). The first kappa shape index (κ1) is 10.4. The number of hydrogen-bond acceptors (Lipinski definition) is 4. The van der Waals surface area contributed by atoms with Gasteiger partial charge in [-0.25, -0.2) is 9.97 Å². The number of hydrogen-bond donors (Lipinski definition) is 2. The van der Waals surface area contributed by atoms with Gasteiger partial charge in [0.2, 0.25) is 0 Å². The summed E-state index contributed by atoms with van der Waals surface area (Å²) in [6, 6.07) is 7.99. The minimum absolute atomic E-state index is 0.478. The Hall–Kier alpha value is -1.72. The molecule has 0 fully saturated rings. The van der Waals surface area contributed by atoms with Crippen LogP contribution in [0.1, 0.15) is 10.7 Å². The van der Waals surface area contributed by atoms with Gasteiger partial charge in [-0.05, 0) is 19.1 Å². The molecule has 5 heteroatoms. The molecule has 17 heavy (non-hydrogen) atoms. The number of nitrogens with two attached hydrogens (primary N) is 1. The molecule has 0 aliphatic heterocycles. The van der Waals surface area contributed by atoms with Crippen molar-refractivity contribution in [2.24, 2.45) is 5.73 Å². The average Bonchev–Trinajstić information content (AvgIpc) is 2.91. The lowest BCUT2D eigenvalue weighted by molar-refractivity contribution is 1.02. The van der Waals surface area contributed by atoms with Crippen LogP contribution in [0.4, 0.5) is 0 Å². The molecule has 0 spiro atoms. The van der Waals surface area contributed by atoms with Gasteiger partial charge in [0, 0.05) is 6.54 Å². The Bertz CT molecular complexity index is 635. The summed E-state index contributed by atoms with van der Waals surface area (Å²) in [5.74, 6) is 0.876. The molecule has 0 aliphatic carbocycles. The Labute approximate surface area is 103 Å². The third-order valence-electron chi connectivity index (χ3n) is 2.62. The van der Waals surface area contributed by atoms with Gasteiger partial charge in [0.1, 0.15) is 5.01 Å². The van der Waals surface area contributed by atoms with Gasteiger partial charge >= 0.3 is 0 Å². The van der Waals surface area contributed by atoms with E-state index in [2.05, 4.69) is 15.0 Å². The van der Waals surface area contributed by atoms with Crippen molar-refractivity contribution in [2.45, 2.75) is 13.5 Å². The molecule has 0 saturated carbocycles. The van der Waals surface area contributed by atoms with Gasteiger partial charge in [0.25, 0.3) is 0 Å². The van der Waals surface area contributed by atoms with Crippen LogP contribution in [0.3, 0.4) is 0 Å². The van der Waals surface area contributed by atoms with E-state index in [0.29, 0.717) is 6.54 Å². The van der Waals surface area contributed by atoms with Crippen LogP contribution in [0.5, 0.6) is 0 Å². The minimum atomic E-state index is 0.478. The number of thiazole rings is 1. The molecule has 3 aromatic rings. The average molecular weight is 244 g/mol. The molecule has 0 atom stereocenters. The Morgan fingerprint density at radius 3 is 2.82 bits per heavy atom. The first-order chi connectivity index (χ1) is 8.28. The lowest BCUT2D eigenvalue weighted by atomic mass is 10.3. The normalized spacial score (nSPS) is 11.2. The summed E-state index contributed by atoms with van der Waals surface area (Å²) in [7, 11) is 0. The predicted octanol–water partition coefficient (Wildman–Crippen LogP) is 2.45. The monoisotopic (exact) mass is 244 g/mol. The quantitative estimate of drug-likeness (QED) is 0.727. The fraction of sp³-hybridized carbons (Fsp3) is 0.167. The van der Waals surface area contributed by atoms with E-state index in [1.54, 1.807) is 11.3 Å². The van der Waals surface area contributed by atoms with Crippen molar-refractivity contribution in [3.63, 3.8) is 0 Å². The molecule has 0 amide bonds. The number of aryl methyl sites for hydroxylation is 1. The van der Waals surface area contributed by atoms with Gasteiger partial charge in [-0.3, -0.25) is 0 Å². The zero-order valence-corrected chi connectivity index (χ0v) is 10.2. The summed E-state index contributed by atoms with van der Waals surface area (Å²) >= 11 is 1.60. The molecule has 0 saturated heterocycles. The first-order valence-corrected chi connectivity index (χ1v) is 6.21. The molecule has 4 nitrogen and oxygen atoms in total. The van der Waals surface area contributed by atoms with Gasteiger partial charge in [-0.2, -0.15) is 0 Å². The number of nitrogens with one attached hydrogen (secondary N) is 1. The van der Waals surface area contributed by atoms with Gasteiger partial charge in [-0.15, -0.1) is 11.3 Å². The van der Waals surface area contributed by atoms with Crippen LogP contribution in [0, 0.1) is 6.92 Å². The fourth-order valence-corrected chi connectivity index (χ4v) is 2.71. The smallest absolute Gasteiger partial charge is 0.150 e. The number of para-hydroxylation sites is 2. The van der Waals surface area contributed by atoms with Gasteiger partial charge in [0.15, 0.2) is 5.82 Å². The third-order valence-corrected chi connectivity index (χ3v) is 3.81. The van der Waals surface area contributed by atoms with Crippen LogP contribution >= 0.6 is 11.3 Å². The SMILES string of the molecule is Cc1nc(CN)sc1-c1nc2ccccc2[nH]1. The van der Waals surface area contributed by atoms with Crippen LogP contribution in [0.2, 0.25) is 0 Å². The van der Waals surface area contributed by atoms with Crippen LogP contribution in [0.25, 0.3) is 21.7 Å². The lowest BCUT2D eigenvalue weighted by Crippen LogP contribution is -1.94. The molecule has 86 valence electrons. The third kappa shape index (κ3) is 1.73. The highest BCUT2D eigenvalue weighted by Crippen LogP contribution is 2.29. The van der Waals surface area contributed by atoms with E-state index in [4.69, 9.17) is 5.73 Å². The second kappa shape index (κ2) is 3.94. The van der Waals surface area contributed by atoms with Gasteiger partial charge in [0.05, 0.1) is 21.6 Å². The van der Waals surface area contributed by atoms with Crippen molar-refractivity contribution >= 4 is 22.4 Å².